The number of rotatable bonds is 7. The van der Waals surface area contributed by atoms with Crippen molar-refractivity contribution >= 4 is 51.3 Å². The van der Waals surface area contributed by atoms with Gasteiger partial charge in [-0.25, -0.2) is 0 Å². The molecule has 2 aromatic carbocycles. The number of aromatic nitrogens is 2. The van der Waals surface area contributed by atoms with Gasteiger partial charge in [-0.3, -0.25) is 9.59 Å². The molecule has 0 unspecified atom stereocenters. The van der Waals surface area contributed by atoms with Crippen LogP contribution in [0, 0.1) is 6.92 Å². The molecule has 0 radical (unpaired) electrons. The maximum atomic E-state index is 12.5. The van der Waals surface area contributed by atoms with E-state index >= 15 is 0 Å². The minimum Gasteiger partial charge on any atom is -0.330 e. The monoisotopic (exact) mass is 424 g/mol. The Kier molecular flexibility index (Phi) is 5.92. The average Bonchev–Trinajstić information content (AvgIpc) is 3.35. The summed E-state index contributed by atoms with van der Waals surface area (Å²) < 4.78 is 0.743. The number of carbonyl (C=O) groups is 2. The molecule has 8 heteroatoms. The first-order chi connectivity index (χ1) is 14.1. The summed E-state index contributed by atoms with van der Waals surface area (Å²) in [5, 5.41) is 12.2. The summed E-state index contributed by atoms with van der Waals surface area (Å²) in [6.07, 6.45) is 1.48. The molecule has 1 N–H and O–H groups in total. The maximum Gasteiger partial charge on any atom is 0.227 e. The highest BCUT2D eigenvalue weighted by molar-refractivity contribution is 8.01. The van der Waals surface area contributed by atoms with Gasteiger partial charge in [0.05, 0.1) is 5.75 Å². The number of hydrogen-bond donors (Lipinski definition) is 1. The highest BCUT2D eigenvalue weighted by Gasteiger charge is 2.21. The van der Waals surface area contributed by atoms with Gasteiger partial charge in [-0.2, -0.15) is 0 Å². The highest BCUT2D eigenvalue weighted by Crippen LogP contribution is 2.29. The van der Waals surface area contributed by atoms with E-state index in [1.54, 1.807) is 17.0 Å². The Balaban J connectivity index is 1.32. The van der Waals surface area contributed by atoms with Gasteiger partial charge in [-0.15, -0.1) is 10.2 Å². The van der Waals surface area contributed by atoms with Gasteiger partial charge in [0, 0.05) is 29.9 Å². The molecular formula is C21H20N4O2S2. The third-order valence-corrected chi connectivity index (χ3v) is 6.55. The smallest absolute Gasteiger partial charge is 0.227 e. The summed E-state index contributed by atoms with van der Waals surface area (Å²) in [7, 11) is 0. The van der Waals surface area contributed by atoms with E-state index in [0.717, 1.165) is 28.7 Å². The topological polar surface area (TPSA) is 75.2 Å². The Morgan fingerprint density at radius 2 is 2.03 bits per heavy atom. The first-order valence-electron chi connectivity index (χ1n) is 9.32. The molecular weight excluding hydrogens is 404 g/mol. The molecule has 1 fully saturated rings. The second-order valence-electron chi connectivity index (χ2n) is 6.78. The number of ketones is 1. The van der Waals surface area contributed by atoms with Gasteiger partial charge in [0.1, 0.15) is 0 Å². The summed E-state index contributed by atoms with van der Waals surface area (Å²) in [5.41, 5.74) is 3.62. The molecule has 0 bridgehead atoms. The molecule has 148 valence electrons. The Morgan fingerprint density at radius 1 is 1.21 bits per heavy atom. The number of benzene rings is 2. The lowest BCUT2D eigenvalue weighted by atomic mass is 10.1. The lowest BCUT2D eigenvalue weighted by Crippen LogP contribution is -2.23. The van der Waals surface area contributed by atoms with Crippen LogP contribution in [-0.2, 0) is 4.79 Å². The van der Waals surface area contributed by atoms with Crippen LogP contribution in [0.4, 0.5) is 16.5 Å². The third kappa shape index (κ3) is 4.83. The summed E-state index contributed by atoms with van der Waals surface area (Å²) in [6, 6.07) is 15.3. The van der Waals surface area contributed by atoms with E-state index in [0.29, 0.717) is 22.9 Å². The quantitative estimate of drug-likeness (QED) is 0.438. The molecule has 3 aromatic rings. The molecule has 0 aliphatic carbocycles. The number of anilines is 3. The van der Waals surface area contributed by atoms with Crippen LogP contribution in [0.15, 0.2) is 52.9 Å². The van der Waals surface area contributed by atoms with Crippen LogP contribution in [0.5, 0.6) is 0 Å². The van der Waals surface area contributed by atoms with Gasteiger partial charge in [-0.05, 0) is 55.3 Å². The molecule has 0 saturated carbocycles. The molecule has 0 atom stereocenters. The van der Waals surface area contributed by atoms with E-state index < -0.39 is 0 Å². The molecule has 1 aliphatic heterocycles. The third-order valence-electron chi connectivity index (χ3n) is 4.58. The number of nitrogens with one attached hydrogen (secondary N) is 1. The minimum absolute atomic E-state index is 0.0256. The van der Waals surface area contributed by atoms with Crippen molar-refractivity contribution in [2.75, 3.05) is 22.5 Å². The number of nitrogens with zero attached hydrogens (tertiary/aromatic N) is 3. The molecule has 2 heterocycles. The zero-order valence-corrected chi connectivity index (χ0v) is 17.6. The molecule has 1 amide bonds. The highest BCUT2D eigenvalue weighted by atomic mass is 32.2. The van der Waals surface area contributed by atoms with Crippen LogP contribution >= 0.6 is 23.1 Å². The van der Waals surface area contributed by atoms with Crippen molar-refractivity contribution in [1.82, 2.24) is 10.2 Å². The van der Waals surface area contributed by atoms with Gasteiger partial charge in [0.2, 0.25) is 11.0 Å². The molecule has 1 saturated heterocycles. The molecule has 1 aliphatic rings. The Hall–Kier alpha value is -2.71. The number of hydrogen-bond acceptors (Lipinski definition) is 7. The van der Waals surface area contributed by atoms with Gasteiger partial charge < -0.3 is 10.2 Å². The lowest BCUT2D eigenvalue weighted by Gasteiger charge is -2.15. The zero-order valence-electron chi connectivity index (χ0n) is 15.9. The van der Waals surface area contributed by atoms with Crippen molar-refractivity contribution in [3.8, 4) is 0 Å². The Morgan fingerprint density at radius 3 is 2.76 bits per heavy atom. The summed E-state index contributed by atoms with van der Waals surface area (Å²) in [4.78, 5) is 26.1. The second-order valence-corrected chi connectivity index (χ2v) is 8.98. The maximum absolute atomic E-state index is 12.5. The van der Waals surface area contributed by atoms with Gasteiger partial charge in [-0.1, -0.05) is 35.2 Å². The summed E-state index contributed by atoms with van der Waals surface area (Å²) >= 11 is 2.80. The van der Waals surface area contributed by atoms with Crippen LogP contribution in [0.2, 0.25) is 0 Å². The largest absolute Gasteiger partial charge is 0.330 e. The second kappa shape index (κ2) is 8.75. The van der Waals surface area contributed by atoms with E-state index in [1.165, 1.54) is 28.7 Å². The number of carbonyl (C=O) groups excluding carboxylic acids is 2. The number of aryl methyl sites for hydroxylation is 1. The Bertz CT molecular complexity index is 1030. The van der Waals surface area contributed by atoms with Crippen molar-refractivity contribution in [3.05, 3.63) is 59.7 Å². The summed E-state index contributed by atoms with van der Waals surface area (Å²) in [6.45, 7) is 2.78. The van der Waals surface area contributed by atoms with E-state index in [9.17, 15) is 9.59 Å². The van der Waals surface area contributed by atoms with Crippen molar-refractivity contribution in [1.29, 1.82) is 0 Å². The molecule has 1 aromatic heterocycles. The fraction of sp³-hybridized carbons (Fsp3) is 0.238. The number of amides is 1. The van der Waals surface area contributed by atoms with Crippen molar-refractivity contribution in [3.63, 3.8) is 0 Å². The van der Waals surface area contributed by atoms with Gasteiger partial charge in [0.25, 0.3) is 0 Å². The van der Waals surface area contributed by atoms with Gasteiger partial charge in [0.15, 0.2) is 10.1 Å². The fourth-order valence-electron chi connectivity index (χ4n) is 3.12. The van der Waals surface area contributed by atoms with E-state index in [1.807, 2.05) is 43.3 Å². The van der Waals surface area contributed by atoms with E-state index in [4.69, 9.17) is 0 Å². The number of Topliss-reactive ketones (excluding diaryl/α,β-unsaturated/α-hetero) is 1. The zero-order chi connectivity index (χ0) is 20.2. The van der Waals surface area contributed by atoms with E-state index in [-0.39, 0.29) is 11.7 Å². The van der Waals surface area contributed by atoms with Crippen LogP contribution in [0.1, 0.15) is 28.8 Å². The van der Waals surface area contributed by atoms with Crippen molar-refractivity contribution in [2.24, 2.45) is 0 Å². The standard InChI is InChI=1S/C21H20N4O2S2/c1-14-4-2-5-16(12-14)22-20-23-24-21(29-20)28-13-18(26)15-7-9-17(10-8-15)25-11-3-6-19(25)27/h2,4-5,7-10,12H,3,6,11,13H2,1H3,(H,22,23). The predicted molar refractivity (Wildman–Crippen MR) is 117 cm³/mol. The van der Waals surface area contributed by atoms with Crippen LogP contribution < -0.4 is 10.2 Å². The Labute approximate surface area is 177 Å². The molecule has 4 rings (SSSR count). The van der Waals surface area contributed by atoms with Crippen LogP contribution in [-0.4, -0.2) is 34.2 Å². The predicted octanol–water partition coefficient (Wildman–Crippen LogP) is 4.69. The van der Waals surface area contributed by atoms with E-state index in [2.05, 4.69) is 15.5 Å². The minimum atomic E-state index is 0.0256. The first-order valence-corrected chi connectivity index (χ1v) is 11.1. The van der Waals surface area contributed by atoms with Crippen molar-refractivity contribution < 1.29 is 9.59 Å². The van der Waals surface area contributed by atoms with Crippen molar-refractivity contribution in [2.45, 2.75) is 24.1 Å². The molecule has 0 spiro atoms. The van der Waals surface area contributed by atoms with Gasteiger partial charge >= 0.3 is 0 Å². The normalized spacial score (nSPS) is 13.7. The summed E-state index contributed by atoms with van der Waals surface area (Å²) in [5.74, 6) is 0.463. The molecule has 6 nitrogen and oxygen atoms in total. The molecule has 29 heavy (non-hydrogen) atoms. The SMILES string of the molecule is Cc1cccc(Nc2nnc(SCC(=O)c3ccc(N4CCCC4=O)cc3)s2)c1. The number of thioether (sulfide) groups is 1. The van der Waals surface area contributed by atoms with Crippen LogP contribution in [0.3, 0.4) is 0 Å². The first kappa shape index (κ1) is 19.6. The van der Waals surface area contributed by atoms with Crippen LogP contribution in [0.25, 0.3) is 0 Å². The average molecular weight is 425 g/mol. The lowest BCUT2D eigenvalue weighted by molar-refractivity contribution is -0.117. The fourth-order valence-corrected chi connectivity index (χ4v) is 4.79.